The molecule has 3 aromatic rings. The van der Waals surface area contributed by atoms with Crippen molar-refractivity contribution in [2.75, 3.05) is 23.9 Å². The fourth-order valence-electron chi connectivity index (χ4n) is 5.38. The Morgan fingerprint density at radius 2 is 1.83 bits per heavy atom. The molecule has 1 saturated heterocycles. The fraction of sp³-hybridized carbons (Fsp3) is 0.241. The number of fused-ring (bicyclic) bond motifs is 2. The van der Waals surface area contributed by atoms with Crippen LogP contribution in [0, 0.1) is 6.92 Å². The van der Waals surface area contributed by atoms with Crippen LogP contribution < -0.4 is 20.3 Å². The van der Waals surface area contributed by atoms with Crippen LogP contribution in [-0.2, 0) is 14.4 Å². The lowest BCUT2D eigenvalue weighted by Crippen LogP contribution is -2.51. The Hall–Kier alpha value is -4.84. The summed E-state index contributed by atoms with van der Waals surface area (Å²) in [4.78, 5) is 71.3. The number of carbonyl (C=O) groups excluding carboxylic acids is 5. The molecule has 2 N–H and O–H groups in total. The molecule has 0 aliphatic carbocycles. The van der Waals surface area contributed by atoms with E-state index in [1.807, 2.05) is 25.1 Å². The molecule has 3 radical (unpaired) electrons. The normalized spacial score (nSPS) is 20.3. The number of carbonyl (C=O) groups is 5. The summed E-state index contributed by atoms with van der Waals surface area (Å²) in [6.45, 7) is 1.79. The number of anilines is 3. The summed E-state index contributed by atoms with van der Waals surface area (Å²) in [7, 11) is 5.13. The molecule has 1 aromatic heterocycles. The molecule has 3 aliphatic heterocycles. The second-order valence-corrected chi connectivity index (χ2v) is 10.9. The molecule has 6 rings (SSSR count). The Labute approximate surface area is 238 Å². The van der Waals surface area contributed by atoms with E-state index in [-0.39, 0.29) is 36.5 Å². The standard InChI is InChI=1S/C29H24N5O6Si/c1-14-10-15(8-9-30-14)17-11-21-20(33(2)24(36)13-40-21)12-19(17)31-18-5-3-4-16-25(18)29(39)34(28(16)38)26-22(41)6-7-23(35)32-27(26)37/h3-5,8-12,22,26,31H,6-7,13H2,1-2H3,(H,32,35,37)/t22?,26-/m0/s1. The molecule has 11 nitrogen and oxygen atoms in total. The third kappa shape index (κ3) is 4.45. The molecule has 5 amide bonds. The van der Waals surface area contributed by atoms with Crippen molar-refractivity contribution in [1.82, 2.24) is 15.2 Å². The summed E-state index contributed by atoms with van der Waals surface area (Å²) in [6.07, 6.45) is 2.04. The second-order valence-electron chi connectivity index (χ2n) is 10.1. The van der Waals surface area contributed by atoms with Crippen LogP contribution in [0.15, 0.2) is 48.7 Å². The van der Waals surface area contributed by atoms with E-state index in [0.29, 0.717) is 22.8 Å². The van der Waals surface area contributed by atoms with Gasteiger partial charge in [-0.25, -0.2) is 0 Å². The van der Waals surface area contributed by atoms with Crippen molar-refractivity contribution in [3.63, 3.8) is 0 Å². The first-order valence-corrected chi connectivity index (χ1v) is 13.5. The number of nitrogens with one attached hydrogen (secondary N) is 2. The van der Waals surface area contributed by atoms with Gasteiger partial charge >= 0.3 is 0 Å². The van der Waals surface area contributed by atoms with Crippen LogP contribution in [0.3, 0.4) is 0 Å². The van der Waals surface area contributed by atoms with Gasteiger partial charge in [-0.2, -0.15) is 0 Å². The Morgan fingerprint density at radius 3 is 2.61 bits per heavy atom. The summed E-state index contributed by atoms with van der Waals surface area (Å²) in [5, 5.41) is 5.58. The van der Waals surface area contributed by atoms with Crippen molar-refractivity contribution >= 4 is 56.8 Å². The number of ether oxygens (including phenoxy) is 1. The van der Waals surface area contributed by atoms with Crippen LogP contribution in [0.5, 0.6) is 5.75 Å². The third-order valence-electron chi connectivity index (χ3n) is 7.48. The van der Waals surface area contributed by atoms with Gasteiger partial charge in [0.25, 0.3) is 17.7 Å². The molecule has 0 bridgehead atoms. The monoisotopic (exact) mass is 566 g/mol. The van der Waals surface area contributed by atoms with Crippen LogP contribution >= 0.6 is 0 Å². The van der Waals surface area contributed by atoms with E-state index < -0.39 is 35.2 Å². The smallest absolute Gasteiger partial charge is 0.264 e. The summed E-state index contributed by atoms with van der Waals surface area (Å²) >= 11 is 0. The quantitative estimate of drug-likeness (QED) is 0.363. The molecule has 2 atom stereocenters. The van der Waals surface area contributed by atoms with Crippen molar-refractivity contribution in [1.29, 1.82) is 0 Å². The van der Waals surface area contributed by atoms with Gasteiger partial charge in [-0.05, 0) is 60.8 Å². The number of benzene rings is 2. The lowest BCUT2D eigenvalue weighted by atomic mass is 10.0. The predicted molar refractivity (Wildman–Crippen MR) is 149 cm³/mol. The maximum atomic E-state index is 13.8. The second kappa shape index (κ2) is 9.97. The summed E-state index contributed by atoms with van der Waals surface area (Å²) < 4.78 is 5.72. The van der Waals surface area contributed by atoms with Gasteiger partial charge in [-0.15, -0.1) is 0 Å². The minimum Gasteiger partial charge on any atom is -0.482 e. The highest BCUT2D eigenvalue weighted by atomic mass is 28.1. The molecule has 1 unspecified atom stereocenters. The highest BCUT2D eigenvalue weighted by molar-refractivity contribution is 6.27. The average molecular weight is 567 g/mol. The third-order valence-corrected chi connectivity index (χ3v) is 8.09. The van der Waals surface area contributed by atoms with Crippen LogP contribution in [0.4, 0.5) is 17.1 Å². The van der Waals surface area contributed by atoms with Crippen LogP contribution in [0.25, 0.3) is 11.1 Å². The molecule has 4 heterocycles. The first kappa shape index (κ1) is 26.4. The zero-order valence-electron chi connectivity index (χ0n) is 22.2. The van der Waals surface area contributed by atoms with Gasteiger partial charge in [-0.1, -0.05) is 6.07 Å². The number of likely N-dealkylation sites (N-methyl/N-ethyl adjacent to an activating group) is 1. The Balaban J connectivity index is 1.44. The van der Waals surface area contributed by atoms with E-state index in [4.69, 9.17) is 4.74 Å². The van der Waals surface area contributed by atoms with Crippen LogP contribution in [0.2, 0.25) is 5.54 Å². The molecule has 205 valence electrons. The zero-order valence-corrected chi connectivity index (χ0v) is 23.2. The average Bonchev–Trinajstić information content (AvgIpc) is 3.12. The number of nitrogens with zero attached hydrogens (tertiary/aromatic N) is 3. The molecule has 1 fully saturated rings. The molecular formula is C29H24N5O6Si. The van der Waals surface area contributed by atoms with Crippen molar-refractivity contribution in [3.05, 3.63) is 65.5 Å². The van der Waals surface area contributed by atoms with E-state index in [1.54, 1.807) is 31.4 Å². The van der Waals surface area contributed by atoms with Crippen LogP contribution in [-0.4, -0.2) is 69.4 Å². The van der Waals surface area contributed by atoms with E-state index in [9.17, 15) is 24.0 Å². The number of imide groups is 2. The van der Waals surface area contributed by atoms with Gasteiger partial charge in [0.05, 0.1) is 22.5 Å². The highest BCUT2D eigenvalue weighted by Gasteiger charge is 2.47. The first-order valence-electron chi connectivity index (χ1n) is 13.0. The molecule has 0 saturated carbocycles. The minimum absolute atomic E-state index is 0.0848. The van der Waals surface area contributed by atoms with Crippen LogP contribution in [0.1, 0.15) is 39.3 Å². The first-order chi connectivity index (χ1) is 19.6. The Bertz CT molecular complexity index is 1670. The lowest BCUT2D eigenvalue weighted by molar-refractivity contribution is -0.131. The maximum absolute atomic E-state index is 13.8. The summed E-state index contributed by atoms with van der Waals surface area (Å²) in [5.41, 5.74) is 3.42. The largest absolute Gasteiger partial charge is 0.482 e. The molecule has 2 aromatic carbocycles. The van der Waals surface area contributed by atoms with Gasteiger partial charge in [-0.3, -0.25) is 39.2 Å². The van der Waals surface area contributed by atoms with Crippen molar-refractivity contribution in [3.8, 4) is 16.9 Å². The van der Waals surface area contributed by atoms with E-state index in [0.717, 1.165) is 21.7 Å². The van der Waals surface area contributed by atoms with Gasteiger partial charge in [0, 0.05) is 46.9 Å². The molecule has 0 spiro atoms. The number of hydrogen-bond acceptors (Lipinski definition) is 8. The number of hydrogen-bond donors (Lipinski definition) is 2. The van der Waals surface area contributed by atoms with Crippen molar-refractivity contribution in [2.24, 2.45) is 0 Å². The molecule has 3 aliphatic rings. The van der Waals surface area contributed by atoms with Gasteiger partial charge in [0.2, 0.25) is 11.8 Å². The fourth-order valence-corrected chi connectivity index (χ4v) is 5.82. The Kier molecular flexibility index (Phi) is 6.41. The van der Waals surface area contributed by atoms with Gasteiger partial charge in [0.15, 0.2) is 6.61 Å². The van der Waals surface area contributed by atoms with E-state index in [1.165, 1.54) is 11.0 Å². The molecule has 41 heavy (non-hydrogen) atoms. The number of amides is 5. The lowest BCUT2D eigenvalue weighted by Gasteiger charge is -2.28. The molecule has 12 heteroatoms. The number of pyridine rings is 1. The highest BCUT2D eigenvalue weighted by Crippen LogP contribution is 2.43. The van der Waals surface area contributed by atoms with Crippen molar-refractivity contribution < 1.29 is 28.7 Å². The number of rotatable bonds is 4. The number of aromatic nitrogens is 1. The summed E-state index contributed by atoms with van der Waals surface area (Å²) in [5.74, 6) is -2.14. The SMILES string of the molecule is Cc1cc(-c2cc3c(cc2Nc2cccc4c2C(=O)N([C@@H]2C(=O)NC(=O)CCC2[Si])C4=O)N(C)C(=O)CO3)ccn1. The predicted octanol–water partition coefficient (Wildman–Crippen LogP) is 2.51. The van der Waals surface area contributed by atoms with E-state index >= 15 is 0 Å². The van der Waals surface area contributed by atoms with Crippen molar-refractivity contribution in [2.45, 2.75) is 31.3 Å². The van der Waals surface area contributed by atoms with Gasteiger partial charge < -0.3 is 15.0 Å². The zero-order chi connectivity index (χ0) is 29.0. The maximum Gasteiger partial charge on any atom is 0.264 e. The van der Waals surface area contributed by atoms with Gasteiger partial charge in [0.1, 0.15) is 11.8 Å². The van der Waals surface area contributed by atoms with E-state index in [2.05, 4.69) is 25.9 Å². The molecular weight excluding hydrogens is 542 g/mol. The topological polar surface area (TPSA) is 138 Å². The minimum atomic E-state index is -1.20. The summed E-state index contributed by atoms with van der Waals surface area (Å²) in [6, 6.07) is 11.0. The number of aryl methyl sites for hydroxylation is 1. The Morgan fingerprint density at radius 1 is 1.02 bits per heavy atom.